The topological polar surface area (TPSA) is 77.5 Å². The Morgan fingerprint density at radius 3 is 2.62 bits per heavy atom. The minimum atomic E-state index is -3.93. The highest BCUT2D eigenvalue weighted by atomic mass is 32.2. The quantitative estimate of drug-likeness (QED) is 0.663. The van der Waals surface area contributed by atoms with Crippen LogP contribution in [-0.2, 0) is 16.6 Å². The van der Waals surface area contributed by atoms with Gasteiger partial charge in [-0.15, -0.1) is 0 Å². The minimum absolute atomic E-state index is 0.0412. The average molecular weight is 394 g/mol. The average Bonchev–Trinajstić information content (AvgIpc) is 3.14. The van der Waals surface area contributed by atoms with Gasteiger partial charge in [-0.3, -0.25) is 0 Å². The van der Waals surface area contributed by atoms with Crippen LogP contribution in [0, 0.1) is 5.82 Å². The Balaban J connectivity index is 1.69. The highest BCUT2D eigenvalue weighted by molar-refractivity contribution is 7.89. The maximum absolute atomic E-state index is 13.4. The van der Waals surface area contributed by atoms with Crippen LogP contribution in [0.2, 0.25) is 0 Å². The van der Waals surface area contributed by atoms with E-state index in [0.717, 1.165) is 17.7 Å². The van der Waals surface area contributed by atoms with Gasteiger partial charge in [0.1, 0.15) is 22.2 Å². The van der Waals surface area contributed by atoms with E-state index >= 15 is 0 Å². The van der Waals surface area contributed by atoms with E-state index in [2.05, 4.69) is 9.71 Å². The van der Waals surface area contributed by atoms with Gasteiger partial charge in [0, 0.05) is 18.1 Å². The van der Waals surface area contributed by atoms with Crippen LogP contribution in [-0.4, -0.2) is 20.5 Å². The SMILES string of the molecule is COc1ccc(F)cc1S(=O)(=O)NCc1ccc(Oc2nccs2)cc1. The summed E-state index contributed by atoms with van der Waals surface area (Å²) in [5.74, 6) is 0.0133. The molecule has 0 unspecified atom stereocenters. The second kappa shape index (κ2) is 7.81. The van der Waals surface area contributed by atoms with E-state index in [1.165, 1.54) is 24.5 Å². The van der Waals surface area contributed by atoms with E-state index in [9.17, 15) is 12.8 Å². The first-order valence-corrected chi connectivity index (χ1v) is 9.84. The normalized spacial score (nSPS) is 11.3. The summed E-state index contributed by atoms with van der Waals surface area (Å²) in [6, 6.07) is 10.2. The Morgan fingerprint density at radius 2 is 1.96 bits per heavy atom. The Morgan fingerprint density at radius 1 is 1.19 bits per heavy atom. The first kappa shape index (κ1) is 18.3. The molecule has 0 atom stereocenters. The van der Waals surface area contributed by atoms with Gasteiger partial charge in [-0.2, -0.15) is 0 Å². The molecule has 0 aliphatic carbocycles. The van der Waals surface area contributed by atoms with Crippen molar-refractivity contribution in [1.29, 1.82) is 0 Å². The summed E-state index contributed by atoms with van der Waals surface area (Å²) in [4.78, 5) is 3.78. The Hall–Kier alpha value is -2.49. The number of sulfonamides is 1. The summed E-state index contributed by atoms with van der Waals surface area (Å²) in [7, 11) is -2.60. The molecule has 0 aliphatic heterocycles. The maximum Gasteiger partial charge on any atom is 0.278 e. The van der Waals surface area contributed by atoms with Crippen LogP contribution in [0.25, 0.3) is 0 Å². The number of rotatable bonds is 7. The number of benzene rings is 2. The predicted octanol–water partition coefficient (Wildman–Crippen LogP) is 3.56. The number of hydrogen-bond acceptors (Lipinski definition) is 6. The number of nitrogens with one attached hydrogen (secondary N) is 1. The molecule has 0 fully saturated rings. The lowest BCUT2D eigenvalue weighted by Gasteiger charge is -2.11. The lowest BCUT2D eigenvalue weighted by Crippen LogP contribution is -2.23. The molecule has 0 saturated carbocycles. The largest absolute Gasteiger partial charge is 0.495 e. The summed E-state index contributed by atoms with van der Waals surface area (Å²) in [5.41, 5.74) is 0.718. The lowest BCUT2D eigenvalue weighted by molar-refractivity contribution is 0.400. The van der Waals surface area contributed by atoms with E-state index < -0.39 is 15.8 Å². The van der Waals surface area contributed by atoms with Crippen LogP contribution in [0.3, 0.4) is 0 Å². The molecule has 0 spiro atoms. The standard InChI is InChI=1S/C17H15FN2O4S2/c1-23-15-7-4-13(18)10-16(15)26(21,22)20-11-12-2-5-14(6-3-12)24-17-19-8-9-25-17/h2-10,20H,11H2,1H3. The van der Waals surface area contributed by atoms with E-state index in [1.807, 2.05) is 0 Å². The fraction of sp³-hybridized carbons (Fsp3) is 0.118. The number of nitrogens with zero attached hydrogens (tertiary/aromatic N) is 1. The van der Waals surface area contributed by atoms with Gasteiger partial charge in [0.15, 0.2) is 0 Å². The van der Waals surface area contributed by atoms with Gasteiger partial charge in [0.2, 0.25) is 10.0 Å². The van der Waals surface area contributed by atoms with Crippen molar-refractivity contribution in [2.24, 2.45) is 0 Å². The van der Waals surface area contributed by atoms with Crippen molar-refractivity contribution in [3.05, 3.63) is 65.4 Å². The Labute approximate surface area is 154 Å². The van der Waals surface area contributed by atoms with E-state index in [-0.39, 0.29) is 17.2 Å². The number of methoxy groups -OCH3 is 1. The molecule has 0 saturated heterocycles. The predicted molar refractivity (Wildman–Crippen MR) is 95.6 cm³/mol. The van der Waals surface area contributed by atoms with Crippen molar-refractivity contribution >= 4 is 21.4 Å². The molecule has 1 N–H and O–H groups in total. The summed E-state index contributed by atoms with van der Waals surface area (Å²) >= 11 is 1.37. The van der Waals surface area contributed by atoms with Crippen LogP contribution in [0.4, 0.5) is 4.39 Å². The van der Waals surface area contributed by atoms with Crippen LogP contribution in [0.1, 0.15) is 5.56 Å². The maximum atomic E-state index is 13.4. The van der Waals surface area contributed by atoms with Gasteiger partial charge >= 0.3 is 0 Å². The number of ether oxygens (including phenoxy) is 2. The molecule has 2 aromatic carbocycles. The molecule has 1 aromatic heterocycles. The van der Waals surface area contributed by atoms with Gasteiger partial charge in [0.05, 0.1) is 7.11 Å². The van der Waals surface area contributed by atoms with Gasteiger partial charge in [-0.1, -0.05) is 23.5 Å². The fourth-order valence-electron chi connectivity index (χ4n) is 2.15. The van der Waals surface area contributed by atoms with Crippen molar-refractivity contribution in [2.75, 3.05) is 7.11 Å². The van der Waals surface area contributed by atoms with Crippen molar-refractivity contribution in [3.8, 4) is 16.7 Å². The second-order valence-electron chi connectivity index (χ2n) is 5.16. The molecular formula is C17H15FN2O4S2. The van der Waals surface area contributed by atoms with Crippen LogP contribution in [0.15, 0.2) is 58.9 Å². The molecule has 136 valence electrons. The number of thiazole rings is 1. The minimum Gasteiger partial charge on any atom is -0.495 e. The third kappa shape index (κ3) is 4.37. The second-order valence-corrected chi connectivity index (χ2v) is 7.76. The highest BCUT2D eigenvalue weighted by Gasteiger charge is 2.20. The monoisotopic (exact) mass is 394 g/mol. The molecule has 0 bridgehead atoms. The van der Waals surface area contributed by atoms with Gasteiger partial charge in [0.25, 0.3) is 5.19 Å². The third-order valence-corrected chi connectivity index (χ3v) is 5.49. The van der Waals surface area contributed by atoms with Crippen LogP contribution < -0.4 is 14.2 Å². The van der Waals surface area contributed by atoms with Gasteiger partial charge in [-0.25, -0.2) is 22.5 Å². The zero-order valence-corrected chi connectivity index (χ0v) is 15.3. The Bertz CT molecular complexity index is 975. The molecule has 3 rings (SSSR count). The zero-order chi connectivity index (χ0) is 18.6. The van der Waals surface area contributed by atoms with Gasteiger partial charge < -0.3 is 9.47 Å². The lowest BCUT2D eigenvalue weighted by atomic mass is 10.2. The van der Waals surface area contributed by atoms with Crippen LogP contribution >= 0.6 is 11.3 Å². The van der Waals surface area contributed by atoms with E-state index in [1.54, 1.807) is 35.8 Å². The smallest absolute Gasteiger partial charge is 0.278 e. The molecule has 9 heteroatoms. The van der Waals surface area contributed by atoms with Crippen molar-refractivity contribution in [2.45, 2.75) is 11.4 Å². The van der Waals surface area contributed by atoms with Crippen LogP contribution in [0.5, 0.6) is 16.7 Å². The van der Waals surface area contributed by atoms with Crippen molar-refractivity contribution in [1.82, 2.24) is 9.71 Å². The molecule has 26 heavy (non-hydrogen) atoms. The van der Waals surface area contributed by atoms with Crippen molar-refractivity contribution in [3.63, 3.8) is 0 Å². The summed E-state index contributed by atoms with van der Waals surface area (Å²) in [6.45, 7) is 0.0412. The van der Waals surface area contributed by atoms with E-state index in [0.29, 0.717) is 10.9 Å². The summed E-state index contributed by atoms with van der Waals surface area (Å²) < 4.78 is 51.2. The highest BCUT2D eigenvalue weighted by Crippen LogP contribution is 2.25. The first-order valence-electron chi connectivity index (χ1n) is 7.47. The van der Waals surface area contributed by atoms with Crippen molar-refractivity contribution < 1.29 is 22.3 Å². The summed E-state index contributed by atoms with van der Waals surface area (Å²) in [5, 5.41) is 2.33. The molecule has 1 heterocycles. The first-order chi connectivity index (χ1) is 12.5. The number of halogens is 1. The molecule has 0 radical (unpaired) electrons. The summed E-state index contributed by atoms with van der Waals surface area (Å²) in [6.07, 6.45) is 1.64. The molecule has 0 aliphatic rings. The number of aromatic nitrogens is 1. The zero-order valence-electron chi connectivity index (χ0n) is 13.7. The third-order valence-electron chi connectivity index (χ3n) is 3.42. The number of hydrogen-bond donors (Lipinski definition) is 1. The molecular weight excluding hydrogens is 379 g/mol. The molecule has 0 amide bonds. The fourth-order valence-corrected chi connectivity index (χ4v) is 3.85. The van der Waals surface area contributed by atoms with Gasteiger partial charge in [-0.05, 0) is 35.9 Å². The Kier molecular flexibility index (Phi) is 5.50. The molecule has 6 nitrogen and oxygen atoms in total. The van der Waals surface area contributed by atoms with E-state index in [4.69, 9.17) is 9.47 Å². The molecule has 3 aromatic rings.